The topological polar surface area (TPSA) is 75.4 Å². The predicted molar refractivity (Wildman–Crippen MR) is 96.8 cm³/mol. The van der Waals surface area contributed by atoms with Crippen LogP contribution in [-0.4, -0.2) is 42.4 Å². The number of carbonyl (C=O) groups is 2. The van der Waals surface area contributed by atoms with Crippen molar-refractivity contribution in [2.75, 3.05) is 19.6 Å². The number of hydrogen-bond donors (Lipinski definition) is 2. The number of piperidine rings is 1. The van der Waals surface area contributed by atoms with Gasteiger partial charge in [-0.05, 0) is 50.4 Å². The summed E-state index contributed by atoms with van der Waals surface area (Å²) in [4.78, 5) is 26.9. The Morgan fingerprint density at radius 3 is 2.38 bits per heavy atom. The normalized spacial score (nSPS) is 32.5. The number of unbranched alkanes of at least 4 members (excludes halogenated alkanes) is 1. The van der Waals surface area contributed by atoms with E-state index in [0.29, 0.717) is 24.9 Å². The van der Waals surface area contributed by atoms with Gasteiger partial charge in [0.05, 0.1) is 5.92 Å². The summed E-state index contributed by atoms with van der Waals surface area (Å²) in [6.45, 7) is 4.32. The molecule has 0 aromatic rings. The molecule has 2 amide bonds. The van der Waals surface area contributed by atoms with Crippen LogP contribution in [0.2, 0.25) is 0 Å². The maximum Gasteiger partial charge on any atom is 0.227 e. The molecule has 138 valence electrons. The van der Waals surface area contributed by atoms with E-state index in [1.165, 1.54) is 12.8 Å². The number of hydrogen-bond acceptors (Lipinski definition) is 3. The van der Waals surface area contributed by atoms with E-state index in [9.17, 15) is 9.59 Å². The van der Waals surface area contributed by atoms with Gasteiger partial charge in [-0.3, -0.25) is 9.59 Å². The van der Waals surface area contributed by atoms with Crippen LogP contribution in [0.1, 0.15) is 51.9 Å². The number of likely N-dealkylation sites (tertiary alicyclic amines) is 1. The Labute approximate surface area is 151 Å². The van der Waals surface area contributed by atoms with Gasteiger partial charge in [-0.25, -0.2) is 0 Å². The van der Waals surface area contributed by atoms with Crippen LogP contribution < -0.4 is 11.1 Å². The molecule has 1 heterocycles. The fourth-order valence-corrected chi connectivity index (χ4v) is 4.81. The lowest BCUT2D eigenvalue weighted by atomic mass is 9.83. The molecule has 0 spiro atoms. The average Bonchev–Trinajstić information content (AvgIpc) is 3.15. The van der Waals surface area contributed by atoms with E-state index in [0.717, 1.165) is 38.6 Å². The Balaban J connectivity index is 0.00000208. The first-order chi connectivity index (χ1) is 11.1. The lowest BCUT2D eigenvalue weighted by Crippen LogP contribution is -2.50. The van der Waals surface area contributed by atoms with Crippen LogP contribution in [0.25, 0.3) is 0 Å². The predicted octanol–water partition coefficient (Wildman–Crippen LogP) is 1.94. The summed E-state index contributed by atoms with van der Waals surface area (Å²) in [5, 5.41) is 3.02. The lowest BCUT2D eigenvalue weighted by Gasteiger charge is -2.36. The number of nitrogens with zero attached hydrogens (tertiary/aromatic N) is 1. The van der Waals surface area contributed by atoms with Crippen molar-refractivity contribution in [1.82, 2.24) is 10.2 Å². The van der Waals surface area contributed by atoms with Crippen molar-refractivity contribution in [3.8, 4) is 0 Å². The van der Waals surface area contributed by atoms with Crippen LogP contribution in [0.5, 0.6) is 0 Å². The fourth-order valence-electron chi connectivity index (χ4n) is 4.81. The van der Waals surface area contributed by atoms with Crippen molar-refractivity contribution in [2.24, 2.45) is 29.4 Å². The summed E-state index contributed by atoms with van der Waals surface area (Å²) in [7, 11) is 0. The van der Waals surface area contributed by atoms with Crippen molar-refractivity contribution in [1.29, 1.82) is 0 Å². The molecule has 1 aliphatic heterocycles. The SMILES string of the molecule is CCCCNC(=O)C1CCN(C(=O)C2C3CCC(C3)C2N)CC1.Cl. The molecule has 2 aliphatic carbocycles. The minimum Gasteiger partial charge on any atom is -0.356 e. The van der Waals surface area contributed by atoms with Crippen molar-refractivity contribution in [2.45, 2.75) is 57.9 Å². The quantitative estimate of drug-likeness (QED) is 0.738. The molecule has 2 saturated carbocycles. The van der Waals surface area contributed by atoms with Crippen molar-refractivity contribution >= 4 is 24.2 Å². The second kappa shape index (κ2) is 8.52. The Kier molecular flexibility index (Phi) is 6.93. The number of nitrogens with two attached hydrogens (primary N) is 1. The maximum absolute atomic E-state index is 12.8. The van der Waals surface area contributed by atoms with E-state index in [-0.39, 0.29) is 42.1 Å². The van der Waals surface area contributed by atoms with E-state index in [2.05, 4.69) is 12.2 Å². The molecule has 0 radical (unpaired) electrons. The molecule has 2 bridgehead atoms. The van der Waals surface area contributed by atoms with Gasteiger partial charge in [0.2, 0.25) is 11.8 Å². The molecule has 4 unspecified atom stereocenters. The van der Waals surface area contributed by atoms with E-state index >= 15 is 0 Å². The molecule has 4 atom stereocenters. The molecule has 3 rings (SSSR count). The summed E-state index contributed by atoms with van der Waals surface area (Å²) >= 11 is 0. The van der Waals surface area contributed by atoms with Crippen LogP contribution in [0.4, 0.5) is 0 Å². The number of fused-ring (bicyclic) bond motifs is 2. The highest BCUT2D eigenvalue weighted by molar-refractivity contribution is 5.85. The highest BCUT2D eigenvalue weighted by atomic mass is 35.5. The van der Waals surface area contributed by atoms with Crippen LogP contribution in [0.15, 0.2) is 0 Å². The molecule has 6 heteroatoms. The second-order valence-electron chi connectivity index (χ2n) is 7.68. The molecular formula is C18H32ClN3O2. The minimum atomic E-state index is 0. The molecule has 3 N–H and O–H groups in total. The first kappa shape index (κ1) is 19.5. The number of amides is 2. The van der Waals surface area contributed by atoms with E-state index < -0.39 is 0 Å². The zero-order valence-electron chi connectivity index (χ0n) is 14.7. The fraction of sp³-hybridized carbons (Fsp3) is 0.889. The molecule has 0 aromatic heterocycles. The van der Waals surface area contributed by atoms with E-state index in [1.54, 1.807) is 0 Å². The zero-order chi connectivity index (χ0) is 16.4. The van der Waals surface area contributed by atoms with Gasteiger partial charge in [-0.2, -0.15) is 0 Å². The maximum atomic E-state index is 12.8. The third kappa shape index (κ3) is 3.88. The van der Waals surface area contributed by atoms with Crippen LogP contribution in [-0.2, 0) is 9.59 Å². The van der Waals surface area contributed by atoms with Gasteiger partial charge >= 0.3 is 0 Å². The highest BCUT2D eigenvalue weighted by Crippen LogP contribution is 2.48. The van der Waals surface area contributed by atoms with Gasteiger partial charge in [-0.1, -0.05) is 13.3 Å². The van der Waals surface area contributed by atoms with Gasteiger partial charge < -0.3 is 16.0 Å². The number of carbonyl (C=O) groups excluding carboxylic acids is 2. The Hall–Kier alpha value is -0.810. The van der Waals surface area contributed by atoms with Crippen molar-refractivity contribution in [3.63, 3.8) is 0 Å². The Morgan fingerprint density at radius 2 is 1.79 bits per heavy atom. The van der Waals surface area contributed by atoms with Crippen LogP contribution in [0.3, 0.4) is 0 Å². The van der Waals surface area contributed by atoms with E-state index in [4.69, 9.17) is 5.73 Å². The number of nitrogens with one attached hydrogen (secondary N) is 1. The Morgan fingerprint density at radius 1 is 1.12 bits per heavy atom. The largest absolute Gasteiger partial charge is 0.356 e. The summed E-state index contributed by atoms with van der Waals surface area (Å²) in [5.41, 5.74) is 6.30. The second-order valence-corrected chi connectivity index (χ2v) is 7.68. The smallest absolute Gasteiger partial charge is 0.227 e. The lowest BCUT2D eigenvalue weighted by molar-refractivity contribution is -0.141. The third-order valence-corrected chi connectivity index (χ3v) is 6.27. The molecule has 3 fully saturated rings. The summed E-state index contributed by atoms with van der Waals surface area (Å²) in [6, 6.07) is 0.0660. The summed E-state index contributed by atoms with van der Waals surface area (Å²) in [5.74, 6) is 1.62. The van der Waals surface area contributed by atoms with Crippen molar-refractivity contribution < 1.29 is 9.59 Å². The molecule has 0 aromatic carbocycles. The van der Waals surface area contributed by atoms with Gasteiger partial charge in [0.15, 0.2) is 0 Å². The summed E-state index contributed by atoms with van der Waals surface area (Å²) < 4.78 is 0. The molecule has 3 aliphatic rings. The molecular weight excluding hydrogens is 326 g/mol. The molecule has 5 nitrogen and oxygen atoms in total. The minimum absolute atomic E-state index is 0. The highest BCUT2D eigenvalue weighted by Gasteiger charge is 2.50. The number of rotatable bonds is 5. The van der Waals surface area contributed by atoms with E-state index in [1.807, 2.05) is 4.90 Å². The number of halogens is 1. The van der Waals surface area contributed by atoms with Crippen molar-refractivity contribution in [3.05, 3.63) is 0 Å². The third-order valence-electron chi connectivity index (χ3n) is 6.27. The van der Waals surface area contributed by atoms with Crippen LogP contribution in [0, 0.1) is 23.7 Å². The van der Waals surface area contributed by atoms with Crippen LogP contribution >= 0.6 is 12.4 Å². The van der Waals surface area contributed by atoms with Gasteiger partial charge in [0.25, 0.3) is 0 Å². The standard InChI is InChI=1S/C18H31N3O2.ClH/c1-2-3-8-20-17(22)12-6-9-21(10-7-12)18(23)15-13-4-5-14(11-13)16(15)19;/h12-16H,2-11,19H2,1H3,(H,20,22);1H. The van der Waals surface area contributed by atoms with Gasteiger partial charge in [-0.15, -0.1) is 12.4 Å². The average molecular weight is 358 g/mol. The summed E-state index contributed by atoms with van der Waals surface area (Å²) in [6.07, 6.45) is 7.23. The molecule has 1 saturated heterocycles. The Bertz CT molecular complexity index is 450. The van der Waals surface area contributed by atoms with Gasteiger partial charge in [0.1, 0.15) is 0 Å². The first-order valence-corrected chi connectivity index (χ1v) is 9.44. The molecule has 24 heavy (non-hydrogen) atoms. The van der Waals surface area contributed by atoms with Gasteiger partial charge in [0, 0.05) is 31.6 Å². The first-order valence-electron chi connectivity index (χ1n) is 9.44. The monoisotopic (exact) mass is 357 g/mol. The zero-order valence-corrected chi connectivity index (χ0v) is 15.5.